The lowest BCUT2D eigenvalue weighted by molar-refractivity contribution is -0.122. The number of amides is 4. The molecule has 1 heterocycles. The molecule has 8 nitrogen and oxygen atoms in total. The lowest BCUT2D eigenvalue weighted by Gasteiger charge is -2.26. The van der Waals surface area contributed by atoms with Gasteiger partial charge in [-0.25, -0.2) is 9.69 Å². The zero-order chi connectivity index (χ0) is 28.1. The summed E-state index contributed by atoms with van der Waals surface area (Å²) in [6.07, 6.45) is 1.42. The molecule has 202 valence electrons. The molecule has 39 heavy (non-hydrogen) atoms. The van der Waals surface area contributed by atoms with E-state index in [1.807, 2.05) is 19.9 Å². The van der Waals surface area contributed by atoms with E-state index in [0.717, 1.165) is 10.5 Å². The quantitative estimate of drug-likeness (QED) is 0.238. The van der Waals surface area contributed by atoms with Crippen LogP contribution in [0.2, 0.25) is 0 Å². The van der Waals surface area contributed by atoms with Gasteiger partial charge in [0, 0.05) is 0 Å². The Morgan fingerprint density at radius 3 is 2.26 bits per heavy atom. The van der Waals surface area contributed by atoms with Crippen molar-refractivity contribution < 1.29 is 28.6 Å². The Kier molecular flexibility index (Phi) is 8.71. The third-order valence-corrected chi connectivity index (χ3v) is 6.69. The lowest BCUT2D eigenvalue weighted by atomic mass is 10.1. The summed E-state index contributed by atoms with van der Waals surface area (Å²) >= 11 is 3.54. The van der Waals surface area contributed by atoms with E-state index in [-0.39, 0.29) is 5.57 Å². The average Bonchev–Trinajstić information content (AvgIpc) is 2.89. The van der Waals surface area contributed by atoms with Crippen LogP contribution in [0.15, 0.2) is 64.6 Å². The van der Waals surface area contributed by atoms with Gasteiger partial charge in [0.15, 0.2) is 11.5 Å². The number of ether oxygens (including phenoxy) is 3. The van der Waals surface area contributed by atoms with Gasteiger partial charge in [0.05, 0.1) is 23.4 Å². The first kappa shape index (κ1) is 27.9. The Morgan fingerprint density at radius 1 is 0.872 bits per heavy atom. The molecule has 1 saturated heterocycles. The van der Waals surface area contributed by atoms with Crippen LogP contribution in [0.25, 0.3) is 6.08 Å². The highest BCUT2D eigenvalue weighted by Gasteiger charge is 2.37. The van der Waals surface area contributed by atoms with Crippen molar-refractivity contribution in [1.29, 1.82) is 0 Å². The van der Waals surface area contributed by atoms with Crippen LogP contribution in [-0.2, 0) is 16.2 Å². The zero-order valence-corrected chi connectivity index (χ0v) is 23.8. The summed E-state index contributed by atoms with van der Waals surface area (Å²) in [4.78, 5) is 39.5. The maximum absolute atomic E-state index is 13.3. The van der Waals surface area contributed by atoms with Gasteiger partial charge in [-0.1, -0.05) is 18.2 Å². The molecule has 1 fully saturated rings. The first-order valence-electron chi connectivity index (χ1n) is 12.5. The summed E-state index contributed by atoms with van der Waals surface area (Å²) in [6, 6.07) is 15.2. The van der Waals surface area contributed by atoms with Crippen molar-refractivity contribution in [3.05, 3.63) is 86.9 Å². The van der Waals surface area contributed by atoms with Gasteiger partial charge >= 0.3 is 6.03 Å². The van der Waals surface area contributed by atoms with Crippen LogP contribution in [-0.4, -0.2) is 31.1 Å². The number of halogens is 1. The van der Waals surface area contributed by atoms with Gasteiger partial charge in [0.2, 0.25) is 0 Å². The number of imide groups is 2. The second-order valence-electron chi connectivity index (χ2n) is 8.86. The molecular formula is C30H29BrN2O6. The summed E-state index contributed by atoms with van der Waals surface area (Å²) in [5, 5.41) is 2.24. The second-order valence-corrected chi connectivity index (χ2v) is 9.71. The Hall–Kier alpha value is -4.11. The molecule has 0 aromatic heterocycles. The van der Waals surface area contributed by atoms with E-state index < -0.39 is 17.8 Å². The number of carbonyl (C=O) groups excluding carboxylic acids is 3. The molecule has 9 heteroatoms. The average molecular weight is 593 g/mol. The SMILES string of the molecule is CCOc1ccc(N2C(=O)NC(=O)/C(=C\c3cc(Br)c(OCc4ccc(C)c(C)c4)c(OCC)c3)C2=O)cc1. The Labute approximate surface area is 235 Å². The van der Waals surface area contributed by atoms with E-state index >= 15 is 0 Å². The summed E-state index contributed by atoms with van der Waals surface area (Å²) < 4.78 is 17.9. The zero-order valence-electron chi connectivity index (χ0n) is 22.2. The standard InChI is InChI=1S/C30H29BrN2O6/c1-5-37-23-11-9-22(10-12-23)33-29(35)24(28(34)32-30(33)36)14-21-15-25(31)27(26(16-21)38-6-2)39-17-20-8-7-18(3)19(4)13-20/h7-16H,5-6,17H2,1-4H3,(H,32,34,36)/b24-14+. The summed E-state index contributed by atoms with van der Waals surface area (Å²) in [6.45, 7) is 9.02. The fourth-order valence-electron chi connectivity index (χ4n) is 4.04. The maximum atomic E-state index is 13.3. The Morgan fingerprint density at radius 2 is 1.59 bits per heavy atom. The van der Waals surface area contributed by atoms with Crippen LogP contribution in [0.5, 0.6) is 17.2 Å². The molecule has 0 unspecified atom stereocenters. The third kappa shape index (κ3) is 6.31. The van der Waals surface area contributed by atoms with Crippen LogP contribution in [0.4, 0.5) is 10.5 Å². The highest BCUT2D eigenvalue weighted by Crippen LogP contribution is 2.38. The van der Waals surface area contributed by atoms with Gasteiger partial charge in [-0.05, 0) is 108 Å². The molecular weight excluding hydrogens is 564 g/mol. The fourth-order valence-corrected chi connectivity index (χ4v) is 4.61. The molecule has 0 spiro atoms. The molecule has 4 rings (SSSR count). The van der Waals surface area contributed by atoms with Crippen LogP contribution in [0.3, 0.4) is 0 Å². The van der Waals surface area contributed by atoms with Gasteiger partial charge in [-0.3, -0.25) is 14.9 Å². The predicted molar refractivity (Wildman–Crippen MR) is 152 cm³/mol. The number of hydrogen-bond donors (Lipinski definition) is 1. The molecule has 0 atom stereocenters. The summed E-state index contributed by atoms with van der Waals surface area (Å²) in [7, 11) is 0. The van der Waals surface area contributed by atoms with E-state index in [9.17, 15) is 14.4 Å². The largest absolute Gasteiger partial charge is 0.494 e. The molecule has 4 amide bonds. The molecule has 0 radical (unpaired) electrons. The van der Waals surface area contributed by atoms with Crippen molar-refractivity contribution in [3.63, 3.8) is 0 Å². The van der Waals surface area contributed by atoms with Crippen LogP contribution >= 0.6 is 15.9 Å². The van der Waals surface area contributed by atoms with E-state index in [1.54, 1.807) is 36.4 Å². The Balaban J connectivity index is 1.63. The molecule has 0 saturated carbocycles. The molecule has 0 bridgehead atoms. The molecule has 1 aliphatic heterocycles. The van der Waals surface area contributed by atoms with Crippen molar-refractivity contribution >= 4 is 45.5 Å². The van der Waals surface area contributed by atoms with E-state index in [0.29, 0.717) is 52.8 Å². The number of nitrogens with one attached hydrogen (secondary N) is 1. The number of aryl methyl sites for hydroxylation is 2. The fraction of sp³-hybridized carbons (Fsp3) is 0.233. The predicted octanol–water partition coefficient (Wildman–Crippen LogP) is 6.11. The van der Waals surface area contributed by atoms with Gasteiger partial charge in [-0.15, -0.1) is 0 Å². The van der Waals surface area contributed by atoms with Gasteiger partial charge in [-0.2, -0.15) is 0 Å². The highest BCUT2D eigenvalue weighted by atomic mass is 79.9. The van der Waals surface area contributed by atoms with Crippen molar-refractivity contribution in [2.75, 3.05) is 18.1 Å². The third-order valence-electron chi connectivity index (χ3n) is 6.10. The number of urea groups is 1. The van der Waals surface area contributed by atoms with Crippen LogP contribution < -0.4 is 24.4 Å². The smallest absolute Gasteiger partial charge is 0.335 e. The Bertz CT molecular complexity index is 1450. The molecule has 1 N–H and O–H groups in total. The van der Waals surface area contributed by atoms with E-state index in [4.69, 9.17) is 14.2 Å². The molecule has 1 aliphatic rings. The summed E-state index contributed by atoms with van der Waals surface area (Å²) in [5.74, 6) is 0.0352. The molecule has 0 aliphatic carbocycles. The number of anilines is 1. The normalized spacial score (nSPS) is 14.4. The maximum Gasteiger partial charge on any atom is 0.335 e. The second kappa shape index (κ2) is 12.2. The van der Waals surface area contributed by atoms with E-state index in [2.05, 4.69) is 47.2 Å². The van der Waals surface area contributed by atoms with Crippen molar-refractivity contribution in [1.82, 2.24) is 5.32 Å². The number of nitrogens with zero attached hydrogens (tertiary/aromatic N) is 1. The van der Waals surface area contributed by atoms with Crippen molar-refractivity contribution in [2.24, 2.45) is 0 Å². The number of hydrogen-bond acceptors (Lipinski definition) is 6. The first-order valence-corrected chi connectivity index (χ1v) is 13.3. The minimum atomic E-state index is -0.822. The van der Waals surface area contributed by atoms with Crippen LogP contribution in [0.1, 0.15) is 36.1 Å². The van der Waals surface area contributed by atoms with Gasteiger partial charge in [0.1, 0.15) is 17.9 Å². The number of carbonyl (C=O) groups is 3. The monoisotopic (exact) mass is 592 g/mol. The van der Waals surface area contributed by atoms with Gasteiger partial charge in [0.25, 0.3) is 11.8 Å². The number of rotatable bonds is 9. The van der Waals surface area contributed by atoms with Crippen molar-refractivity contribution in [3.8, 4) is 17.2 Å². The van der Waals surface area contributed by atoms with Gasteiger partial charge < -0.3 is 14.2 Å². The minimum absolute atomic E-state index is 0.193. The molecule has 3 aromatic carbocycles. The molecule has 3 aromatic rings. The van der Waals surface area contributed by atoms with Crippen LogP contribution in [0, 0.1) is 13.8 Å². The number of barbiturate groups is 1. The first-order chi connectivity index (χ1) is 18.7. The minimum Gasteiger partial charge on any atom is -0.494 e. The van der Waals surface area contributed by atoms with E-state index in [1.165, 1.54) is 17.2 Å². The highest BCUT2D eigenvalue weighted by molar-refractivity contribution is 9.10. The number of benzene rings is 3. The van der Waals surface area contributed by atoms with Crippen molar-refractivity contribution in [2.45, 2.75) is 34.3 Å². The summed E-state index contributed by atoms with van der Waals surface area (Å²) in [5.41, 5.74) is 4.03. The topological polar surface area (TPSA) is 94.2 Å². The lowest BCUT2D eigenvalue weighted by Crippen LogP contribution is -2.54.